The molecule has 0 aliphatic carbocycles. The first-order valence-electron chi connectivity index (χ1n) is 10.1. The number of oxime groups is 1. The Labute approximate surface area is 195 Å². The second kappa shape index (κ2) is 8.78. The van der Waals surface area contributed by atoms with Crippen molar-refractivity contribution >= 4 is 34.5 Å². The van der Waals surface area contributed by atoms with Crippen LogP contribution in [0.1, 0.15) is 39.1 Å². The normalized spacial score (nSPS) is 12.3. The maximum Gasteiger partial charge on any atom is 0.433 e. The molecule has 0 aliphatic heterocycles. The van der Waals surface area contributed by atoms with Crippen molar-refractivity contribution in [2.45, 2.75) is 26.4 Å². The first-order valence-corrected chi connectivity index (χ1v) is 10.9. The number of nitrogen functional groups attached to an aromatic ring is 1. The van der Waals surface area contributed by atoms with Gasteiger partial charge in [0, 0.05) is 22.2 Å². The summed E-state index contributed by atoms with van der Waals surface area (Å²) in [5.74, 6) is -1.21. The van der Waals surface area contributed by atoms with Crippen molar-refractivity contribution in [1.29, 1.82) is 0 Å². The van der Waals surface area contributed by atoms with E-state index in [1.54, 1.807) is 31.2 Å². The Hall–Kier alpha value is -3.93. The lowest BCUT2D eigenvalue weighted by atomic mass is 10.1. The molecule has 4 rings (SSSR count). The van der Waals surface area contributed by atoms with Gasteiger partial charge in [-0.25, -0.2) is 14.3 Å². The summed E-state index contributed by atoms with van der Waals surface area (Å²) in [4.78, 5) is 23.1. The van der Waals surface area contributed by atoms with Crippen LogP contribution in [0.25, 0.3) is 16.2 Å². The molecule has 0 unspecified atom stereocenters. The highest BCUT2D eigenvalue weighted by molar-refractivity contribution is 7.15. The van der Waals surface area contributed by atoms with Crippen LogP contribution in [0.15, 0.2) is 47.6 Å². The van der Waals surface area contributed by atoms with Crippen LogP contribution in [-0.4, -0.2) is 26.4 Å². The van der Waals surface area contributed by atoms with E-state index in [-0.39, 0.29) is 17.2 Å². The number of hydrogen-bond donors (Lipinski definition) is 2. The molecule has 0 atom stereocenters. The molecule has 3 heterocycles. The molecule has 3 aromatic heterocycles. The van der Waals surface area contributed by atoms with Gasteiger partial charge in [0.1, 0.15) is 0 Å². The van der Waals surface area contributed by atoms with Crippen LogP contribution in [0.4, 0.5) is 18.9 Å². The van der Waals surface area contributed by atoms with Crippen LogP contribution in [0.2, 0.25) is 0 Å². The molecule has 0 amide bonds. The smallest absolute Gasteiger partial charge is 0.398 e. The number of aromatic nitrogens is 3. The van der Waals surface area contributed by atoms with Gasteiger partial charge >= 0.3 is 12.1 Å². The zero-order valence-electron chi connectivity index (χ0n) is 18.1. The number of hydrogen-bond acceptors (Lipinski definition) is 7. The number of anilines is 1. The van der Waals surface area contributed by atoms with Gasteiger partial charge in [-0.05, 0) is 43.2 Å². The minimum Gasteiger partial charge on any atom is -0.398 e. The quantitative estimate of drug-likeness (QED) is 0.141. The van der Waals surface area contributed by atoms with Crippen LogP contribution in [0, 0.1) is 6.92 Å². The lowest BCUT2D eigenvalue weighted by Gasteiger charge is -2.10. The summed E-state index contributed by atoms with van der Waals surface area (Å²) in [6, 6.07) is 10.5. The number of aryl methyl sites for hydroxylation is 1. The lowest BCUT2D eigenvalue weighted by Crippen LogP contribution is -2.17. The monoisotopic (exact) mass is 488 g/mol. The van der Waals surface area contributed by atoms with E-state index < -0.39 is 23.5 Å². The fourth-order valence-electron chi connectivity index (χ4n) is 3.23. The first kappa shape index (κ1) is 23.2. The number of amidine groups is 1. The van der Waals surface area contributed by atoms with E-state index in [4.69, 9.17) is 16.3 Å². The Bertz CT molecular complexity index is 1420. The number of nitrogens with zero attached hydrogens (tertiary/aromatic N) is 4. The molecule has 4 aromatic rings. The predicted molar refractivity (Wildman–Crippen MR) is 122 cm³/mol. The van der Waals surface area contributed by atoms with Gasteiger partial charge in [-0.15, -0.1) is 11.3 Å². The molecule has 34 heavy (non-hydrogen) atoms. The lowest BCUT2D eigenvalue weighted by molar-refractivity contribution is -0.142. The summed E-state index contributed by atoms with van der Waals surface area (Å²) >= 11 is 1.35. The average Bonchev–Trinajstić information content (AvgIpc) is 3.44. The predicted octanol–water partition coefficient (Wildman–Crippen LogP) is 4.41. The third-order valence-electron chi connectivity index (χ3n) is 5.07. The van der Waals surface area contributed by atoms with E-state index >= 15 is 0 Å². The number of thiophene rings is 1. The summed E-state index contributed by atoms with van der Waals surface area (Å²) in [6.07, 6.45) is -3.98. The Morgan fingerprint density at radius 3 is 2.68 bits per heavy atom. The van der Waals surface area contributed by atoms with E-state index in [0.29, 0.717) is 26.2 Å². The minimum atomic E-state index is -4.73. The summed E-state index contributed by atoms with van der Waals surface area (Å²) in [5.41, 5.74) is 11.8. The van der Waals surface area contributed by atoms with Gasteiger partial charge in [-0.2, -0.15) is 18.3 Å². The Balaban J connectivity index is 1.69. The minimum absolute atomic E-state index is 0.122. The van der Waals surface area contributed by atoms with Gasteiger partial charge in [0.15, 0.2) is 22.9 Å². The number of rotatable bonds is 5. The van der Waals surface area contributed by atoms with Crippen LogP contribution in [0.3, 0.4) is 0 Å². The molecule has 0 aliphatic rings. The summed E-state index contributed by atoms with van der Waals surface area (Å²) < 4.78 is 41.8. The van der Waals surface area contributed by atoms with E-state index in [1.165, 1.54) is 11.3 Å². The molecule has 0 spiro atoms. The van der Waals surface area contributed by atoms with Crippen LogP contribution < -0.4 is 11.5 Å². The molecule has 0 fully saturated rings. The zero-order chi connectivity index (χ0) is 24.6. The van der Waals surface area contributed by atoms with Crippen LogP contribution >= 0.6 is 11.3 Å². The van der Waals surface area contributed by atoms with Crippen molar-refractivity contribution < 1.29 is 22.8 Å². The highest BCUT2D eigenvalue weighted by Gasteiger charge is 2.36. The van der Waals surface area contributed by atoms with Gasteiger partial charge in [-0.3, -0.25) is 0 Å². The van der Waals surface area contributed by atoms with Crippen LogP contribution in [-0.2, 0) is 17.4 Å². The summed E-state index contributed by atoms with van der Waals surface area (Å²) in [5, 5.41) is 7.34. The summed E-state index contributed by atoms with van der Waals surface area (Å²) in [6.45, 7) is 3.67. The molecule has 4 N–H and O–H groups in total. The SMILES string of the molecule is CCc1ccc(-c2cc(C(F)(F)F)n3nc(C(=O)O/N=C(\N)c4cccc(N)c4C)cc3n2)s1. The van der Waals surface area contributed by atoms with Gasteiger partial charge in [0.05, 0.1) is 10.6 Å². The maximum absolute atomic E-state index is 13.8. The molecule has 176 valence electrons. The second-order valence-corrected chi connectivity index (χ2v) is 8.49. The number of fused-ring (bicyclic) bond motifs is 1. The van der Waals surface area contributed by atoms with Crippen molar-refractivity contribution in [3.63, 3.8) is 0 Å². The Morgan fingerprint density at radius 1 is 1.24 bits per heavy atom. The topological polar surface area (TPSA) is 121 Å². The zero-order valence-corrected chi connectivity index (χ0v) is 18.9. The molecular weight excluding hydrogens is 469 g/mol. The molecule has 1 aromatic carbocycles. The largest absolute Gasteiger partial charge is 0.433 e. The number of carbonyl (C=O) groups excluding carboxylic acids is 1. The van der Waals surface area contributed by atoms with Gasteiger partial charge in [0.2, 0.25) is 0 Å². The summed E-state index contributed by atoms with van der Waals surface area (Å²) in [7, 11) is 0. The van der Waals surface area contributed by atoms with E-state index in [0.717, 1.165) is 23.4 Å². The van der Waals surface area contributed by atoms with Gasteiger partial charge < -0.3 is 16.3 Å². The molecule has 0 radical (unpaired) electrons. The second-order valence-electron chi connectivity index (χ2n) is 7.32. The molecule has 12 heteroatoms. The molecular formula is C22H19F3N6O2S. The molecule has 0 saturated heterocycles. The third kappa shape index (κ3) is 4.44. The number of carbonyl (C=O) groups is 1. The maximum atomic E-state index is 13.8. The average molecular weight is 488 g/mol. The van der Waals surface area contributed by atoms with E-state index in [1.807, 2.05) is 13.0 Å². The Morgan fingerprint density at radius 2 is 2.00 bits per heavy atom. The third-order valence-corrected chi connectivity index (χ3v) is 6.32. The van der Waals surface area contributed by atoms with E-state index in [9.17, 15) is 18.0 Å². The van der Waals surface area contributed by atoms with Crippen molar-refractivity contribution in [2.75, 3.05) is 5.73 Å². The number of alkyl halides is 3. The van der Waals surface area contributed by atoms with Gasteiger partial charge in [-0.1, -0.05) is 24.2 Å². The van der Waals surface area contributed by atoms with Crippen molar-refractivity contribution in [2.24, 2.45) is 10.9 Å². The number of nitrogens with two attached hydrogens (primary N) is 2. The molecule has 8 nitrogen and oxygen atoms in total. The molecule has 0 bridgehead atoms. The standard InChI is InChI=1S/C22H19F3N6O2S/c1-3-12-7-8-17(34-12)15-9-18(22(23,24)25)31-19(28-15)10-16(29-31)21(32)33-30-20(27)13-5-4-6-14(26)11(13)2/h4-10H,3,26H2,1-2H3,(H2,27,30). The molecule has 0 saturated carbocycles. The van der Waals surface area contributed by atoms with Gasteiger partial charge in [0.25, 0.3) is 0 Å². The van der Waals surface area contributed by atoms with Crippen molar-refractivity contribution in [3.05, 3.63) is 69.9 Å². The van der Waals surface area contributed by atoms with Crippen molar-refractivity contribution in [3.8, 4) is 10.6 Å². The first-order chi connectivity index (χ1) is 16.1. The highest BCUT2D eigenvalue weighted by atomic mass is 32.1. The fourth-order valence-corrected chi connectivity index (χ4v) is 4.13. The highest BCUT2D eigenvalue weighted by Crippen LogP contribution is 2.34. The number of benzene rings is 1. The van der Waals surface area contributed by atoms with Crippen molar-refractivity contribution in [1.82, 2.24) is 14.6 Å². The van der Waals surface area contributed by atoms with E-state index in [2.05, 4.69) is 15.2 Å². The van der Waals surface area contributed by atoms with Crippen LogP contribution in [0.5, 0.6) is 0 Å². The Kier molecular flexibility index (Phi) is 6.00. The fraction of sp³-hybridized carbons (Fsp3) is 0.182. The number of halogens is 3.